The quantitative estimate of drug-likeness (QED) is 0.754. The van der Waals surface area contributed by atoms with Gasteiger partial charge in [0.1, 0.15) is 11.6 Å². The van der Waals surface area contributed by atoms with E-state index < -0.39 is 29.4 Å². The van der Waals surface area contributed by atoms with Crippen LogP contribution in [0, 0.1) is 0 Å². The van der Waals surface area contributed by atoms with Crippen LogP contribution in [0.15, 0.2) is 48.5 Å². The van der Waals surface area contributed by atoms with Crippen LogP contribution in [0.2, 0.25) is 0 Å². The second-order valence-electron chi connectivity index (χ2n) is 7.18. The van der Waals surface area contributed by atoms with Gasteiger partial charge < -0.3 is 20.1 Å². The number of urea groups is 1. The number of ether oxygens (including phenoxy) is 2. The first-order chi connectivity index (χ1) is 13.9. The molecule has 4 rings (SSSR count). The third-order valence-corrected chi connectivity index (χ3v) is 5.25. The van der Waals surface area contributed by atoms with Crippen molar-refractivity contribution in [2.75, 3.05) is 6.79 Å². The zero-order valence-corrected chi connectivity index (χ0v) is 16.1. The summed E-state index contributed by atoms with van der Waals surface area (Å²) in [5.74, 6) is 0.188. The van der Waals surface area contributed by atoms with Crippen molar-refractivity contribution < 1.29 is 23.9 Å². The van der Waals surface area contributed by atoms with Crippen LogP contribution >= 0.6 is 0 Å². The molecule has 0 unspecified atom stereocenters. The predicted molar refractivity (Wildman–Crippen MR) is 103 cm³/mol. The highest BCUT2D eigenvalue weighted by molar-refractivity contribution is 6.10. The minimum Gasteiger partial charge on any atom is -0.454 e. The minimum absolute atomic E-state index is 0.112. The number of imide groups is 1. The van der Waals surface area contributed by atoms with E-state index in [9.17, 15) is 14.4 Å². The molecular weight excluding hydrogens is 374 g/mol. The predicted octanol–water partition coefficient (Wildman–Crippen LogP) is 1.89. The van der Waals surface area contributed by atoms with E-state index in [0.717, 1.165) is 10.5 Å². The molecular formula is C21H21N3O5. The Hall–Kier alpha value is -3.55. The van der Waals surface area contributed by atoms with Crippen LogP contribution < -0.4 is 20.1 Å². The SMILES string of the molecule is C[C@H](C(=O)NCc1ccccc1)N1C(=O)N[C@@](C)(c2ccc3c(c2)OCO3)C1=O. The van der Waals surface area contributed by atoms with Gasteiger partial charge in [-0.05, 0) is 37.1 Å². The number of fused-ring (bicyclic) bond motifs is 1. The average Bonchev–Trinajstić information content (AvgIpc) is 3.28. The fraction of sp³-hybridized carbons (Fsp3) is 0.286. The van der Waals surface area contributed by atoms with Crippen molar-refractivity contribution in [2.45, 2.75) is 32.0 Å². The van der Waals surface area contributed by atoms with E-state index in [4.69, 9.17) is 9.47 Å². The first-order valence-corrected chi connectivity index (χ1v) is 9.28. The lowest BCUT2D eigenvalue weighted by Gasteiger charge is -2.24. The van der Waals surface area contributed by atoms with Gasteiger partial charge in [0.05, 0.1) is 0 Å². The molecule has 2 aromatic carbocycles. The number of carbonyl (C=O) groups is 3. The Morgan fingerprint density at radius 2 is 1.90 bits per heavy atom. The molecule has 0 bridgehead atoms. The Labute approximate surface area is 167 Å². The van der Waals surface area contributed by atoms with Gasteiger partial charge in [0.25, 0.3) is 5.91 Å². The molecule has 2 aliphatic heterocycles. The fourth-order valence-electron chi connectivity index (χ4n) is 3.47. The van der Waals surface area contributed by atoms with Crippen LogP contribution in [0.1, 0.15) is 25.0 Å². The molecule has 2 aromatic rings. The lowest BCUT2D eigenvalue weighted by Crippen LogP contribution is -2.49. The van der Waals surface area contributed by atoms with Crippen molar-refractivity contribution in [3.8, 4) is 11.5 Å². The number of amides is 4. The van der Waals surface area contributed by atoms with Crippen molar-refractivity contribution in [3.05, 3.63) is 59.7 Å². The van der Waals surface area contributed by atoms with Crippen LogP contribution in [0.25, 0.3) is 0 Å². The lowest BCUT2D eigenvalue weighted by atomic mass is 9.91. The van der Waals surface area contributed by atoms with Crippen LogP contribution in [-0.4, -0.2) is 35.6 Å². The van der Waals surface area contributed by atoms with Crippen LogP contribution in [0.3, 0.4) is 0 Å². The molecule has 8 heteroatoms. The molecule has 2 aliphatic rings. The van der Waals surface area contributed by atoms with Gasteiger partial charge in [0, 0.05) is 6.54 Å². The Balaban J connectivity index is 1.50. The molecule has 2 heterocycles. The van der Waals surface area contributed by atoms with E-state index in [-0.39, 0.29) is 6.79 Å². The zero-order valence-electron chi connectivity index (χ0n) is 16.1. The van der Waals surface area contributed by atoms with Crippen LogP contribution in [0.4, 0.5) is 4.79 Å². The molecule has 1 saturated heterocycles. The van der Waals surface area contributed by atoms with Crippen LogP contribution in [-0.2, 0) is 21.7 Å². The summed E-state index contributed by atoms with van der Waals surface area (Å²) < 4.78 is 10.7. The number of hydrogen-bond acceptors (Lipinski definition) is 5. The molecule has 0 saturated carbocycles. The van der Waals surface area contributed by atoms with Gasteiger partial charge in [-0.15, -0.1) is 0 Å². The molecule has 0 aliphatic carbocycles. The zero-order chi connectivity index (χ0) is 20.6. The maximum absolute atomic E-state index is 13.1. The molecule has 2 atom stereocenters. The van der Waals surface area contributed by atoms with Gasteiger partial charge in [0.15, 0.2) is 11.5 Å². The number of hydrogen-bond donors (Lipinski definition) is 2. The monoisotopic (exact) mass is 395 g/mol. The highest BCUT2D eigenvalue weighted by Gasteiger charge is 2.52. The average molecular weight is 395 g/mol. The highest BCUT2D eigenvalue weighted by Crippen LogP contribution is 2.38. The van der Waals surface area contributed by atoms with E-state index in [1.807, 2.05) is 30.3 Å². The van der Waals surface area contributed by atoms with Gasteiger partial charge in [-0.1, -0.05) is 36.4 Å². The summed E-state index contributed by atoms with van der Waals surface area (Å²) in [6.45, 7) is 3.57. The summed E-state index contributed by atoms with van der Waals surface area (Å²) in [6.07, 6.45) is 0. The smallest absolute Gasteiger partial charge is 0.326 e. The maximum Gasteiger partial charge on any atom is 0.326 e. The van der Waals surface area contributed by atoms with Crippen molar-refractivity contribution in [2.24, 2.45) is 0 Å². The highest BCUT2D eigenvalue weighted by atomic mass is 16.7. The number of carbonyl (C=O) groups excluding carboxylic acids is 3. The van der Waals surface area contributed by atoms with Crippen LogP contribution in [0.5, 0.6) is 11.5 Å². The van der Waals surface area contributed by atoms with Crippen molar-refractivity contribution in [1.29, 1.82) is 0 Å². The minimum atomic E-state index is -1.30. The summed E-state index contributed by atoms with van der Waals surface area (Å²) >= 11 is 0. The Morgan fingerprint density at radius 3 is 2.66 bits per heavy atom. The van der Waals surface area contributed by atoms with E-state index >= 15 is 0 Å². The molecule has 150 valence electrons. The van der Waals surface area contributed by atoms with Crippen molar-refractivity contribution >= 4 is 17.8 Å². The molecule has 0 spiro atoms. The van der Waals surface area contributed by atoms with Gasteiger partial charge >= 0.3 is 6.03 Å². The molecule has 8 nitrogen and oxygen atoms in total. The van der Waals surface area contributed by atoms with Gasteiger partial charge in [-0.3, -0.25) is 9.59 Å². The molecule has 4 amide bonds. The standard InChI is InChI=1S/C21H21N3O5/c1-13(18(25)22-11-14-6-4-3-5-7-14)24-19(26)21(2,23-20(24)27)15-8-9-16-17(10-15)29-12-28-16/h3-10,13H,11-12H2,1-2H3,(H,22,25)(H,23,27)/t13-,21+/m1/s1. The summed E-state index contributed by atoms with van der Waals surface area (Å²) in [5, 5.41) is 5.48. The first-order valence-electron chi connectivity index (χ1n) is 9.28. The first kappa shape index (κ1) is 18.8. The van der Waals surface area contributed by atoms with Gasteiger partial charge in [-0.2, -0.15) is 0 Å². The van der Waals surface area contributed by atoms with Crippen molar-refractivity contribution in [3.63, 3.8) is 0 Å². The summed E-state index contributed by atoms with van der Waals surface area (Å²) in [5.41, 5.74) is 0.182. The Morgan fingerprint density at radius 1 is 1.17 bits per heavy atom. The Kier molecular flexibility index (Phi) is 4.62. The maximum atomic E-state index is 13.1. The fourth-order valence-corrected chi connectivity index (χ4v) is 3.47. The van der Waals surface area contributed by atoms with E-state index in [0.29, 0.717) is 23.6 Å². The molecule has 1 fully saturated rings. The largest absolute Gasteiger partial charge is 0.454 e. The number of nitrogens with one attached hydrogen (secondary N) is 2. The number of benzene rings is 2. The molecule has 2 N–H and O–H groups in total. The number of nitrogens with zero attached hydrogens (tertiary/aromatic N) is 1. The van der Waals surface area contributed by atoms with Gasteiger partial charge in [-0.25, -0.2) is 9.69 Å². The second kappa shape index (κ2) is 7.12. The van der Waals surface area contributed by atoms with E-state index in [2.05, 4.69) is 10.6 Å². The normalized spacial score (nSPS) is 21.1. The summed E-state index contributed by atoms with van der Waals surface area (Å²) in [7, 11) is 0. The van der Waals surface area contributed by atoms with E-state index in [1.54, 1.807) is 25.1 Å². The van der Waals surface area contributed by atoms with Crippen molar-refractivity contribution in [1.82, 2.24) is 15.5 Å². The Bertz CT molecular complexity index is 978. The lowest BCUT2D eigenvalue weighted by molar-refractivity contribution is -0.137. The third-order valence-electron chi connectivity index (χ3n) is 5.25. The molecule has 29 heavy (non-hydrogen) atoms. The number of rotatable bonds is 5. The molecule has 0 radical (unpaired) electrons. The van der Waals surface area contributed by atoms with Gasteiger partial charge in [0.2, 0.25) is 12.7 Å². The second-order valence-corrected chi connectivity index (χ2v) is 7.18. The molecule has 0 aromatic heterocycles. The summed E-state index contributed by atoms with van der Waals surface area (Å²) in [4.78, 5) is 39.3. The van der Waals surface area contributed by atoms with E-state index in [1.165, 1.54) is 6.92 Å². The third kappa shape index (κ3) is 3.26. The summed E-state index contributed by atoms with van der Waals surface area (Å²) in [6, 6.07) is 12.9. The topological polar surface area (TPSA) is 97.0 Å².